The Morgan fingerprint density at radius 3 is 2.48 bits per heavy atom. The van der Waals surface area contributed by atoms with Gasteiger partial charge in [0.15, 0.2) is 11.6 Å². The lowest BCUT2D eigenvalue weighted by molar-refractivity contribution is -0.144. The zero-order valence-corrected chi connectivity index (χ0v) is 17.0. The molecule has 10 heteroatoms. The molecule has 0 spiro atoms. The average molecular weight is 449 g/mol. The van der Waals surface area contributed by atoms with Gasteiger partial charge >= 0.3 is 6.18 Å². The molecule has 0 aliphatic carbocycles. The van der Waals surface area contributed by atoms with Gasteiger partial charge in [0.2, 0.25) is 11.7 Å². The SMILES string of the molecule is Cc1ccc(-c2oc(-c3ccnc(C(F)(F)F)n3)nc2-n2ccc3cccnc3c2=O)cc1. The molecule has 0 saturated carbocycles. The number of hydrogen-bond donors (Lipinski definition) is 0. The molecule has 164 valence electrons. The van der Waals surface area contributed by atoms with Gasteiger partial charge in [0.05, 0.1) is 0 Å². The van der Waals surface area contributed by atoms with Crippen LogP contribution in [0.2, 0.25) is 0 Å². The van der Waals surface area contributed by atoms with Gasteiger partial charge < -0.3 is 4.42 Å². The number of fused-ring (bicyclic) bond motifs is 1. The largest absolute Gasteiger partial charge is 0.451 e. The van der Waals surface area contributed by atoms with Gasteiger partial charge in [-0.3, -0.25) is 14.3 Å². The Morgan fingerprint density at radius 1 is 0.939 bits per heavy atom. The molecule has 0 saturated heterocycles. The van der Waals surface area contributed by atoms with Crippen LogP contribution in [0, 0.1) is 6.92 Å². The lowest BCUT2D eigenvalue weighted by Gasteiger charge is -2.06. The van der Waals surface area contributed by atoms with E-state index in [0.717, 1.165) is 11.8 Å². The summed E-state index contributed by atoms with van der Waals surface area (Å²) in [6.45, 7) is 1.91. The van der Waals surface area contributed by atoms with Crippen LogP contribution in [0.1, 0.15) is 11.4 Å². The topological polar surface area (TPSA) is 86.7 Å². The molecule has 1 aromatic carbocycles. The van der Waals surface area contributed by atoms with Crippen molar-refractivity contribution in [1.29, 1.82) is 0 Å². The quantitative estimate of drug-likeness (QED) is 0.392. The summed E-state index contributed by atoms with van der Waals surface area (Å²) in [6, 6.07) is 13.7. The zero-order valence-electron chi connectivity index (χ0n) is 17.0. The molecular weight excluding hydrogens is 435 g/mol. The fraction of sp³-hybridized carbons (Fsp3) is 0.0870. The van der Waals surface area contributed by atoms with E-state index in [1.54, 1.807) is 30.3 Å². The van der Waals surface area contributed by atoms with Crippen LogP contribution < -0.4 is 5.56 Å². The Morgan fingerprint density at radius 2 is 1.73 bits per heavy atom. The van der Waals surface area contributed by atoms with E-state index in [1.165, 1.54) is 23.0 Å². The zero-order chi connectivity index (χ0) is 23.2. The van der Waals surface area contributed by atoms with Gasteiger partial charge in [0, 0.05) is 29.5 Å². The van der Waals surface area contributed by atoms with Crippen molar-refractivity contribution in [3.05, 3.63) is 88.9 Å². The van der Waals surface area contributed by atoms with Crippen LogP contribution in [0.5, 0.6) is 0 Å². The fourth-order valence-electron chi connectivity index (χ4n) is 3.33. The molecule has 4 heterocycles. The highest BCUT2D eigenvalue weighted by molar-refractivity contribution is 5.78. The maximum atomic E-state index is 13.1. The van der Waals surface area contributed by atoms with Gasteiger partial charge in [-0.2, -0.15) is 18.2 Å². The number of pyridine rings is 2. The number of aromatic nitrogens is 5. The van der Waals surface area contributed by atoms with Gasteiger partial charge in [-0.25, -0.2) is 9.97 Å². The maximum Gasteiger partial charge on any atom is 0.451 e. The molecule has 0 N–H and O–H groups in total. The van der Waals surface area contributed by atoms with E-state index in [2.05, 4.69) is 19.9 Å². The first kappa shape index (κ1) is 20.6. The van der Waals surface area contributed by atoms with Gasteiger partial charge in [-0.1, -0.05) is 35.9 Å². The molecule has 0 fully saturated rings. The predicted octanol–water partition coefficient (Wildman–Crippen LogP) is 4.82. The van der Waals surface area contributed by atoms with Crippen LogP contribution >= 0.6 is 0 Å². The molecule has 5 rings (SSSR count). The van der Waals surface area contributed by atoms with E-state index >= 15 is 0 Å². The Kier molecular flexibility index (Phi) is 4.77. The number of benzene rings is 1. The highest BCUT2D eigenvalue weighted by atomic mass is 19.4. The number of hydrogen-bond acceptors (Lipinski definition) is 6. The highest BCUT2D eigenvalue weighted by Gasteiger charge is 2.35. The molecule has 33 heavy (non-hydrogen) atoms. The Balaban J connectivity index is 1.74. The van der Waals surface area contributed by atoms with E-state index in [0.29, 0.717) is 10.9 Å². The minimum absolute atomic E-state index is 0.110. The van der Waals surface area contributed by atoms with Gasteiger partial charge in [-0.05, 0) is 25.1 Å². The second kappa shape index (κ2) is 7.66. The standard InChI is InChI=1S/C23H14F3N5O2/c1-13-4-6-15(7-5-13)18-19(31-12-9-14-3-2-10-27-17(14)21(31)32)30-20(33-18)16-8-11-28-22(29-16)23(24,25)26/h2-12H,1H3. The van der Waals surface area contributed by atoms with Crippen LogP contribution in [-0.2, 0) is 6.18 Å². The smallest absolute Gasteiger partial charge is 0.432 e. The first-order valence-corrected chi connectivity index (χ1v) is 9.76. The summed E-state index contributed by atoms with van der Waals surface area (Å²) in [6.07, 6.45) is -0.728. The number of oxazole rings is 1. The van der Waals surface area contributed by atoms with E-state index in [9.17, 15) is 18.0 Å². The minimum atomic E-state index is -4.73. The summed E-state index contributed by atoms with van der Waals surface area (Å²) in [7, 11) is 0. The number of alkyl halides is 3. The molecule has 5 aromatic rings. The van der Waals surface area contributed by atoms with E-state index in [-0.39, 0.29) is 28.7 Å². The average Bonchev–Trinajstić information content (AvgIpc) is 3.25. The molecule has 0 bridgehead atoms. The third-order valence-electron chi connectivity index (χ3n) is 4.94. The van der Waals surface area contributed by atoms with Crippen molar-refractivity contribution in [3.8, 4) is 28.7 Å². The third kappa shape index (κ3) is 3.75. The van der Waals surface area contributed by atoms with Crippen molar-refractivity contribution in [3.63, 3.8) is 0 Å². The fourth-order valence-corrected chi connectivity index (χ4v) is 3.33. The molecule has 7 nitrogen and oxygen atoms in total. The van der Waals surface area contributed by atoms with Gasteiger partial charge in [0.25, 0.3) is 5.56 Å². The Labute approximate surface area is 184 Å². The minimum Gasteiger partial charge on any atom is -0.432 e. The molecule has 0 unspecified atom stereocenters. The molecule has 0 atom stereocenters. The van der Waals surface area contributed by atoms with Crippen LogP contribution in [0.15, 0.2) is 76.3 Å². The predicted molar refractivity (Wildman–Crippen MR) is 114 cm³/mol. The highest BCUT2D eigenvalue weighted by Crippen LogP contribution is 2.33. The molecule has 0 aliphatic heterocycles. The van der Waals surface area contributed by atoms with E-state index < -0.39 is 17.6 Å². The Hall–Kier alpha value is -4.34. The van der Waals surface area contributed by atoms with E-state index in [1.807, 2.05) is 19.1 Å². The molecule has 4 aromatic heterocycles. The lowest BCUT2D eigenvalue weighted by atomic mass is 10.1. The normalized spacial score (nSPS) is 11.8. The summed E-state index contributed by atoms with van der Waals surface area (Å²) in [4.78, 5) is 28.5. The molecular formula is C23H14F3N5O2. The number of aryl methyl sites for hydroxylation is 1. The van der Waals surface area contributed by atoms with Crippen molar-refractivity contribution in [2.24, 2.45) is 0 Å². The van der Waals surface area contributed by atoms with Crippen LogP contribution in [-0.4, -0.2) is 24.5 Å². The lowest BCUT2D eigenvalue weighted by Crippen LogP contribution is -2.19. The summed E-state index contributed by atoms with van der Waals surface area (Å²) in [5.41, 5.74) is 1.20. The first-order chi connectivity index (χ1) is 15.8. The van der Waals surface area contributed by atoms with Gasteiger partial charge in [0.1, 0.15) is 11.2 Å². The van der Waals surface area contributed by atoms with Crippen molar-refractivity contribution >= 4 is 10.9 Å². The van der Waals surface area contributed by atoms with Crippen molar-refractivity contribution < 1.29 is 17.6 Å². The second-order valence-electron chi connectivity index (χ2n) is 7.23. The van der Waals surface area contributed by atoms with E-state index in [4.69, 9.17) is 4.42 Å². The van der Waals surface area contributed by atoms with Crippen LogP contribution in [0.25, 0.3) is 39.6 Å². The van der Waals surface area contributed by atoms with Crippen molar-refractivity contribution in [2.45, 2.75) is 13.1 Å². The third-order valence-corrected chi connectivity index (χ3v) is 4.94. The van der Waals surface area contributed by atoms with Crippen molar-refractivity contribution in [1.82, 2.24) is 24.5 Å². The first-order valence-electron chi connectivity index (χ1n) is 9.76. The summed E-state index contributed by atoms with van der Waals surface area (Å²) < 4.78 is 46.4. The van der Waals surface area contributed by atoms with Crippen LogP contribution in [0.3, 0.4) is 0 Å². The van der Waals surface area contributed by atoms with Crippen LogP contribution in [0.4, 0.5) is 13.2 Å². The van der Waals surface area contributed by atoms with Gasteiger partial charge in [-0.15, -0.1) is 0 Å². The molecule has 0 radical (unpaired) electrons. The number of nitrogens with zero attached hydrogens (tertiary/aromatic N) is 5. The second-order valence-corrected chi connectivity index (χ2v) is 7.23. The molecule has 0 aliphatic rings. The summed E-state index contributed by atoms with van der Waals surface area (Å²) in [5, 5.41) is 0.643. The van der Waals surface area contributed by atoms with Crippen molar-refractivity contribution in [2.75, 3.05) is 0 Å². The number of halogens is 3. The Bertz CT molecular complexity index is 1540. The summed E-state index contributed by atoms with van der Waals surface area (Å²) >= 11 is 0. The monoisotopic (exact) mass is 449 g/mol. The number of rotatable bonds is 3. The summed E-state index contributed by atoms with van der Waals surface area (Å²) in [5.74, 6) is -1.18. The molecule has 0 amide bonds. The maximum absolute atomic E-state index is 13.1.